The first kappa shape index (κ1) is 17.0. The Morgan fingerprint density at radius 2 is 1.88 bits per heavy atom. The summed E-state index contributed by atoms with van der Waals surface area (Å²) in [6.45, 7) is 6.62. The fourth-order valence-electron chi connectivity index (χ4n) is 2.55. The Morgan fingerprint density at radius 3 is 2.52 bits per heavy atom. The van der Waals surface area contributed by atoms with Crippen LogP contribution in [0.2, 0.25) is 0 Å². The van der Waals surface area contributed by atoms with Crippen LogP contribution in [0.3, 0.4) is 0 Å². The Balaban J connectivity index is 1.96. The summed E-state index contributed by atoms with van der Waals surface area (Å²) in [6, 6.07) is 12.2. The van der Waals surface area contributed by atoms with E-state index in [4.69, 9.17) is 0 Å². The van der Waals surface area contributed by atoms with Crippen LogP contribution in [0, 0.1) is 6.92 Å². The molecule has 6 nitrogen and oxygen atoms in total. The van der Waals surface area contributed by atoms with Gasteiger partial charge < -0.3 is 9.88 Å². The molecule has 3 rings (SSSR count). The van der Waals surface area contributed by atoms with E-state index in [1.165, 1.54) is 5.56 Å². The van der Waals surface area contributed by atoms with E-state index < -0.39 is 0 Å². The molecule has 1 aromatic carbocycles. The van der Waals surface area contributed by atoms with Gasteiger partial charge in [0.25, 0.3) is 5.91 Å². The minimum Gasteiger partial charge on any atom is -0.348 e. The van der Waals surface area contributed by atoms with Gasteiger partial charge in [-0.3, -0.25) is 4.79 Å². The van der Waals surface area contributed by atoms with E-state index in [0.29, 0.717) is 18.1 Å². The van der Waals surface area contributed by atoms with Crippen molar-refractivity contribution in [3.63, 3.8) is 0 Å². The quantitative estimate of drug-likeness (QED) is 0.752. The van der Waals surface area contributed by atoms with Crippen molar-refractivity contribution in [3.8, 4) is 5.82 Å². The van der Waals surface area contributed by atoms with Crippen LogP contribution in [0.5, 0.6) is 0 Å². The molecule has 0 fully saturated rings. The maximum absolute atomic E-state index is 12.6. The van der Waals surface area contributed by atoms with Crippen molar-refractivity contribution in [2.75, 3.05) is 0 Å². The van der Waals surface area contributed by atoms with Crippen LogP contribution in [0.25, 0.3) is 5.82 Å². The molecule has 0 radical (unpaired) electrons. The van der Waals surface area contributed by atoms with Crippen LogP contribution in [-0.2, 0) is 6.54 Å². The smallest absolute Gasteiger partial charge is 0.275 e. The van der Waals surface area contributed by atoms with Gasteiger partial charge >= 0.3 is 0 Å². The minimum absolute atomic E-state index is 0.0901. The van der Waals surface area contributed by atoms with Crippen molar-refractivity contribution in [2.45, 2.75) is 39.8 Å². The molecule has 3 aromatic rings. The largest absolute Gasteiger partial charge is 0.348 e. The average molecular weight is 337 g/mol. The van der Waals surface area contributed by atoms with Crippen molar-refractivity contribution in [3.05, 3.63) is 65.6 Å². The van der Waals surface area contributed by atoms with Gasteiger partial charge in [0.05, 0.1) is 6.54 Å². The summed E-state index contributed by atoms with van der Waals surface area (Å²) >= 11 is 0. The lowest BCUT2D eigenvalue weighted by Crippen LogP contribution is -2.33. The standard InChI is InChI=1S/C19H23N5O/c1-4-15(3)20-18(25)17-19(23-11-5-6-12-23)24(22-21-17)13-16-9-7-14(2)8-10-16/h5-12,15H,4,13H2,1-3H3,(H,20,25). The summed E-state index contributed by atoms with van der Waals surface area (Å²) in [7, 11) is 0. The average Bonchev–Trinajstić information content (AvgIpc) is 3.26. The van der Waals surface area contributed by atoms with Crippen LogP contribution >= 0.6 is 0 Å². The van der Waals surface area contributed by atoms with Gasteiger partial charge in [-0.2, -0.15) is 0 Å². The number of carbonyl (C=O) groups excluding carboxylic acids is 1. The molecule has 1 unspecified atom stereocenters. The molecule has 25 heavy (non-hydrogen) atoms. The first-order valence-corrected chi connectivity index (χ1v) is 8.51. The zero-order chi connectivity index (χ0) is 17.8. The Bertz CT molecular complexity index is 833. The van der Waals surface area contributed by atoms with Crippen molar-refractivity contribution < 1.29 is 4.79 Å². The van der Waals surface area contributed by atoms with E-state index >= 15 is 0 Å². The van der Waals surface area contributed by atoms with E-state index in [1.807, 2.05) is 42.9 Å². The summed E-state index contributed by atoms with van der Waals surface area (Å²) in [5, 5.41) is 11.3. The number of amides is 1. The molecule has 2 aromatic heterocycles. The molecular weight excluding hydrogens is 314 g/mol. The number of aromatic nitrogens is 4. The molecule has 0 saturated heterocycles. The van der Waals surface area contributed by atoms with Gasteiger partial charge in [0, 0.05) is 18.4 Å². The Morgan fingerprint density at radius 1 is 1.20 bits per heavy atom. The SMILES string of the molecule is CCC(C)NC(=O)c1nnn(Cc2ccc(C)cc2)c1-n1cccc1. The van der Waals surface area contributed by atoms with Crippen LogP contribution < -0.4 is 5.32 Å². The molecule has 1 amide bonds. The van der Waals surface area contributed by atoms with E-state index in [2.05, 4.69) is 46.8 Å². The third-order valence-electron chi connectivity index (χ3n) is 4.22. The number of aryl methyl sites for hydroxylation is 1. The number of nitrogens with one attached hydrogen (secondary N) is 1. The van der Waals surface area contributed by atoms with E-state index in [0.717, 1.165) is 12.0 Å². The molecule has 0 saturated carbocycles. The van der Waals surface area contributed by atoms with E-state index in [-0.39, 0.29) is 11.9 Å². The molecule has 6 heteroatoms. The van der Waals surface area contributed by atoms with E-state index in [9.17, 15) is 4.79 Å². The first-order valence-electron chi connectivity index (χ1n) is 8.51. The minimum atomic E-state index is -0.201. The normalized spacial score (nSPS) is 12.1. The lowest BCUT2D eigenvalue weighted by molar-refractivity contribution is 0.0934. The zero-order valence-electron chi connectivity index (χ0n) is 14.8. The molecule has 1 N–H and O–H groups in total. The van der Waals surface area contributed by atoms with Crippen molar-refractivity contribution in [1.82, 2.24) is 24.9 Å². The van der Waals surface area contributed by atoms with Crippen molar-refractivity contribution in [2.24, 2.45) is 0 Å². The fourth-order valence-corrected chi connectivity index (χ4v) is 2.55. The molecule has 2 heterocycles. The topological polar surface area (TPSA) is 64.7 Å². The first-order chi connectivity index (χ1) is 12.1. The van der Waals surface area contributed by atoms with Crippen LogP contribution in [0.1, 0.15) is 41.9 Å². The van der Waals surface area contributed by atoms with Gasteiger partial charge in [0.2, 0.25) is 0 Å². The highest BCUT2D eigenvalue weighted by Crippen LogP contribution is 2.15. The second-order valence-electron chi connectivity index (χ2n) is 6.28. The van der Waals surface area contributed by atoms with Gasteiger partial charge in [-0.05, 0) is 38.0 Å². The highest BCUT2D eigenvalue weighted by Gasteiger charge is 2.22. The summed E-state index contributed by atoms with van der Waals surface area (Å²) in [5.41, 5.74) is 2.66. The molecule has 0 bridgehead atoms. The fraction of sp³-hybridized carbons (Fsp3) is 0.316. The summed E-state index contributed by atoms with van der Waals surface area (Å²) in [4.78, 5) is 12.6. The second-order valence-corrected chi connectivity index (χ2v) is 6.28. The number of rotatable bonds is 6. The summed E-state index contributed by atoms with van der Waals surface area (Å²) in [6.07, 6.45) is 4.65. The maximum Gasteiger partial charge on any atom is 0.275 e. The Kier molecular flexibility index (Phi) is 4.97. The highest BCUT2D eigenvalue weighted by atomic mass is 16.2. The highest BCUT2D eigenvalue weighted by molar-refractivity contribution is 5.95. The number of nitrogens with zero attached hydrogens (tertiary/aromatic N) is 4. The summed E-state index contributed by atoms with van der Waals surface area (Å²) in [5.74, 6) is 0.472. The number of benzene rings is 1. The van der Waals surface area contributed by atoms with Gasteiger partial charge in [0.15, 0.2) is 11.5 Å². The van der Waals surface area contributed by atoms with Gasteiger partial charge in [-0.25, -0.2) is 4.68 Å². The van der Waals surface area contributed by atoms with Crippen LogP contribution in [0.15, 0.2) is 48.8 Å². The number of carbonyl (C=O) groups is 1. The summed E-state index contributed by atoms with van der Waals surface area (Å²) < 4.78 is 3.63. The third kappa shape index (κ3) is 3.79. The number of hydrogen-bond donors (Lipinski definition) is 1. The lowest BCUT2D eigenvalue weighted by Gasteiger charge is -2.12. The lowest BCUT2D eigenvalue weighted by atomic mass is 10.1. The Labute approximate surface area is 147 Å². The third-order valence-corrected chi connectivity index (χ3v) is 4.22. The van der Waals surface area contributed by atoms with Crippen molar-refractivity contribution >= 4 is 5.91 Å². The van der Waals surface area contributed by atoms with Crippen molar-refractivity contribution in [1.29, 1.82) is 0 Å². The van der Waals surface area contributed by atoms with Gasteiger partial charge in [-0.1, -0.05) is 42.0 Å². The predicted molar refractivity (Wildman–Crippen MR) is 96.8 cm³/mol. The molecule has 130 valence electrons. The number of hydrogen-bond acceptors (Lipinski definition) is 3. The molecule has 0 aliphatic heterocycles. The monoisotopic (exact) mass is 337 g/mol. The molecule has 0 aliphatic rings. The zero-order valence-corrected chi connectivity index (χ0v) is 14.8. The molecule has 1 atom stereocenters. The van der Waals surface area contributed by atoms with E-state index in [1.54, 1.807) is 4.68 Å². The Hall–Kier alpha value is -2.89. The maximum atomic E-state index is 12.6. The predicted octanol–water partition coefficient (Wildman–Crippen LogP) is 2.95. The van der Waals surface area contributed by atoms with Crippen LogP contribution in [0.4, 0.5) is 0 Å². The molecule has 0 aliphatic carbocycles. The second kappa shape index (κ2) is 7.34. The molecule has 0 spiro atoms. The van der Waals surface area contributed by atoms with Gasteiger partial charge in [-0.15, -0.1) is 5.10 Å². The molecular formula is C19H23N5O. The van der Waals surface area contributed by atoms with Crippen LogP contribution in [-0.4, -0.2) is 31.5 Å². The van der Waals surface area contributed by atoms with Gasteiger partial charge in [0.1, 0.15) is 0 Å².